The number of carbonyl (C=O) groups excluding carboxylic acids is 2. The second-order valence-corrected chi connectivity index (χ2v) is 9.77. The van der Waals surface area contributed by atoms with E-state index in [1.54, 1.807) is 41.3 Å². The molecule has 8 nitrogen and oxygen atoms in total. The van der Waals surface area contributed by atoms with Crippen LogP contribution < -0.4 is 9.04 Å². The van der Waals surface area contributed by atoms with Crippen LogP contribution in [-0.4, -0.2) is 58.5 Å². The summed E-state index contributed by atoms with van der Waals surface area (Å²) < 4.78 is 38.9. The lowest BCUT2D eigenvalue weighted by Crippen LogP contribution is -2.46. The normalized spacial score (nSPS) is 14.6. The molecule has 33 heavy (non-hydrogen) atoms. The second kappa shape index (κ2) is 10.7. The van der Waals surface area contributed by atoms with Crippen molar-refractivity contribution < 1.29 is 27.5 Å². The fourth-order valence-electron chi connectivity index (χ4n) is 3.83. The highest BCUT2D eigenvalue weighted by Crippen LogP contribution is 2.33. The van der Waals surface area contributed by atoms with Gasteiger partial charge in [-0.1, -0.05) is 29.8 Å². The third-order valence-corrected chi connectivity index (χ3v) is 7.48. The summed E-state index contributed by atoms with van der Waals surface area (Å²) in [6.45, 7) is 4.40. The van der Waals surface area contributed by atoms with Crippen LogP contribution in [0.25, 0.3) is 0 Å². The molecule has 2 aromatic carbocycles. The van der Waals surface area contributed by atoms with Gasteiger partial charge in [0.2, 0.25) is 5.91 Å². The monoisotopic (exact) mass is 474 g/mol. The molecular weight excluding hydrogens is 444 g/mol. The lowest BCUT2D eigenvalue weighted by molar-refractivity contribution is -0.148. The summed E-state index contributed by atoms with van der Waals surface area (Å²) in [5.74, 6) is -0.477. The molecular formula is C24H30N2O6S. The van der Waals surface area contributed by atoms with Crippen LogP contribution in [-0.2, 0) is 24.3 Å². The second-order valence-electron chi connectivity index (χ2n) is 7.90. The number of carbonyl (C=O) groups is 2. The number of nitrogens with zero attached hydrogens (tertiary/aromatic N) is 2. The molecule has 0 saturated carbocycles. The van der Waals surface area contributed by atoms with Gasteiger partial charge in [0, 0.05) is 13.1 Å². The van der Waals surface area contributed by atoms with Gasteiger partial charge in [0.15, 0.2) is 0 Å². The maximum Gasteiger partial charge on any atom is 0.308 e. The van der Waals surface area contributed by atoms with Crippen LogP contribution in [0.1, 0.15) is 25.3 Å². The summed E-state index contributed by atoms with van der Waals surface area (Å²) in [5.41, 5.74) is 1.23. The third-order valence-electron chi connectivity index (χ3n) is 5.70. The molecule has 2 aromatic rings. The molecule has 1 amide bonds. The van der Waals surface area contributed by atoms with E-state index in [0.29, 0.717) is 44.0 Å². The van der Waals surface area contributed by atoms with Gasteiger partial charge in [-0.25, -0.2) is 8.42 Å². The fraction of sp³-hybridized carbons (Fsp3) is 0.417. The number of ether oxygens (including phenoxy) is 2. The zero-order chi connectivity index (χ0) is 24.0. The van der Waals surface area contributed by atoms with Crippen LogP contribution in [0.4, 0.5) is 5.69 Å². The molecule has 1 aliphatic rings. The van der Waals surface area contributed by atoms with Gasteiger partial charge in [-0.3, -0.25) is 13.9 Å². The Morgan fingerprint density at radius 1 is 1.06 bits per heavy atom. The van der Waals surface area contributed by atoms with Gasteiger partial charge < -0.3 is 14.4 Å². The van der Waals surface area contributed by atoms with Crippen LogP contribution >= 0.6 is 0 Å². The van der Waals surface area contributed by atoms with Gasteiger partial charge >= 0.3 is 5.97 Å². The SMILES string of the molecule is CCOc1ccccc1N(CC(=O)N1CCC(C(=O)OC)CC1)S(=O)(=O)c1ccc(C)cc1. The topological polar surface area (TPSA) is 93.2 Å². The van der Waals surface area contributed by atoms with Gasteiger partial charge in [0.1, 0.15) is 12.3 Å². The Bertz CT molecular complexity index is 1080. The Hall–Kier alpha value is -3.07. The summed E-state index contributed by atoms with van der Waals surface area (Å²) in [5, 5.41) is 0. The Kier molecular flexibility index (Phi) is 7.97. The molecule has 178 valence electrons. The molecule has 1 heterocycles. The standard InChI is InChI=1S/C24H30N2O6S/c1-4-32-22-8-6-5-7-21(22)26(33(29,30)20-11-9-18(2)10-12-20)17-23(27)25-15-13-19(14-16-25)24(28)31-3/h5-12,19H,4,13-17H2,1-3H3. The number of piperidine rings is 1. The average molecular weight is 475 g/mol. The lowest BCUT2D eigenvalue weighted by atomic mass is 9.97. The van der Waals surface area contributed by atoms with Crippen molar-refractivity contribution in [2.75, 3.05) is 37.7 Å². The number of rotatable bonds is 8. The van der Waals surface area contributed by atoms with E-state index in [1.807, 2.05) is 13.8 Å². The van der Waals surface area contributed by atoms with E-state index < -0.39 is 10.0 Å². The van der Waals surface area contributed by atoms with Gasteiger partial charge in [0.05, 0.1) is 30.2 Å². The highest BCUT2D eigenvalue weighted by atomic mass is 32.2. The zero-order valence-electron chi connectivity index (χ0n) is 19.2. The van der Waals surface area contributed by atoms with E-state index in [-0.39, 0.29) is 29.2 Å². The van der Waals surface area contributed by atoms with Crippen LogP contribution in [0.3, 0.4) is 0 Å². The van der Waals surface area contributed by atoms with E-state index in [4.69, 9.17) is 9.47 Å². The number of hydrogen-bond donors (Lipinski definition) is 0. The number of amides is 1. The Morgan fingerprint density at radius 3 is 2.30 bits per heavy atom. The summed E-state index contributed by atoms with van der Waals surface area (Å²) in [6.07, 6.45) is 0.970. The fourth-order valence-corrected chi connectivity index (χ4v) is 5.26. The van der Waals surface area contributed by atoms with Crippen molar-refractivity contribution in [3.8, 4) is 5.75 Å². The van der Waals surface area contributed by atoms with Crippen molar-refractivity contribution >= 4 is 27.6 Å². The maximum atomic E-state index is 13.6. The van der Waals surface area contributed by atoms with E-state index in [0.717, 1.165) is 9.87 Å². The van der Waals surface area contributed by atoms with Gasteiger partial charge in [-0.15, -0.1) is 0 Å². The average Bonchev–Trinajstić information content (AvgIpc) is 2.83. The Morgan fingerprint density at radius 2 is 1.70 bits per heavy atom. The van der Waals surface area contributed by atoms with Crippen molar-refractivity contribution in [2.45, 2.75) is 31.6 Å². The molecule has 0 atom stereocenters. The van der Waals surface area contributed by atoms with Gasteiger partial charge in [0.25, 0.3) is 10.0 Å². The number of para-hydroxylation sites is 2. The number of hydrogen-bond acceptors (Lipinski definition) is 6. The first-order valence-corrected chi connectivity index (χ1v) is 12.4. The quantitative estimate of drug-likeness (QED) is 0.546. The van der Waals surface area contributed by atoms with E-state index in [9.17, 15) is 18.0 Å². The van der Waals surface area contributed by atoms with Crippen molar-refractivity contribution in [3.63, 3.8) is 0 Å². The minimum atomic E-state index is -4.04. The molecule has 1 saturated heterocycles. The number of benzene rings is 2. The molecule has 0 unspecified atom stereocenters. The van der Waals surface area contributed by atoms with Crippen molar-refractivity contribution in [3.05, 3.63) is 54.1 Å². The largest absolute Gasteiger partial charge is 0.492 e. The summed E-state index contributed by atoms with van der Waals surface area (Å²) in [6, 6.07) is 13.3. The first-order valence-electron chi connectivity index (χ1n) is 10.9. The molecule has 0 bridgehead atoms. The van der Waals surface area contributed by atoms with Crippen LogP contribution in [0.15, 0.2) is 53.4 Å². The van der Waals surface area contributed by atoms with Gasteiger partial charge in [-0.05, 0) is 51.0 Å². The number of aryl methyl sites for hydroxylation is 1. The molecule has 1 aliphatic heterocycles. The first-order chi connectivity index (χ1) is 15.8. The van der Waals surface area contributed by atoms with E-state index in [2.05, 4.69) is 0 Å². The number of likely N-dealkylation sites (tertiary alicyclic amines) is 1. The minimum absolute atomic E-state index is 0.0941. The Labute approximate surface area is 195 Å². The molecule has 0 aromatic heterocycles. The molecule has 3 rings (SSSR count). The molecule has 0 aliphatic carbocycles. The zero-order valence-corrected chi connectivity index (χ0v) is 20.0. The number of sulfonamides is 1. The molecule has 0 N–H and O–H groups in total. The smallest absolute Gasteiger partial charge is 0.308 e. The molecule has 9 heteroatoms. The Balaban J connectivity index is 1.91. The van der Waals surface area contributed by atoms with Crippen molar-refractivity contribution in [2.24, 2.45) is 5.92 Å². The number of anilines is 1. The molecule has 0 spiro atoms. The van der Waals surface area contributed by atoms with Crippen LogP contribution in [0.2, 0.25) is 0 Å². The predicted molar refractivity (Wildman–Crippen MR) is 125 cm³/mol. The minimum Gasteiger partial charge on any atom is -0.492 e. The molecule has 0 radical (unpaired) electrons. The van der Waals surface area contributed by atoms with E-state index >= 15 is 0 Å². The van der Waals surface area contributed by atoms with Crippen molar-refractivity contribution in [1.29, 1.82) is 0 Å². The summed E-state index contributed by atoms with van der Waals surface area (Å²) in [7, 11) is -2.69. The molecule has 1 fully saturated rings. The maximum absolute atomic E-state index is 13.6. The number of esters is 1. The highest BCUT2D eigenvalue weighted by Gasteiger charge is 2.33. The lowest BCUT2D eigenvalue weighted by Gasteiger charge is -2.33. The van der Waals surface area contributed by atoms with Crippen LogP contribution in [0, 0.1) is 12.8 Å². The highest BCUT2D eigenvalue weighted by molar-refractivity contribution is 7.92. The van der Waals surface area contributed by atoms with Crippen molar-refractivity contribution in [1.82, 2.24) is 4.90 Å². The van der Waals surface area contributed by atoms with E-state index in [1.165, 1.54) is 19.2 Å². The van der Waals surface area contributed by atoms with Gasteiger partial charge in [-0.2, -0.15) is 0 Å². The predicted octanol–water partition coefficient (Wildman–Crippen LogP) is 3.00. The number of methoxy groups -OCH3 is 1. The van der Waals surface area contributed by atoms with Crippen LogP contribution in [0.5, 0.6) is 5.75 Å². The third kappa shape index (κ3) is 5.65. The summed E-state index contributed by atoms with van der Waals surface area (Å²) >= 11 is 0. The summed E-state index contributed by atoms with van der Waals surface area (Å²) in [4.78, 5) is 26.7. The first kappa shape index (κ1) is 24.6.